The van der Waals surface area contributed by atoms with E-state index in [2.05, 4.69) is 6.92 Å². The summed E-state index contributed by atoms with van der Waals surface area (Å²) in [6.07, 6.45) is 9.58. The standard InChI is InChI=1S/C16H25NO.C11H14O3S2/c1-2-15-9-12-17(13-10-15)11-6-14-18-16-7-4-3-5-8-16;1-3-5-8(15-2)11(14,10(12)13)9-6-4-7-16-9/h3-5,7-8,15H,2,6,9-14H2,1H3;4-7,14H,3H2,1-2H3,(H,12,13)/p+1/b;8-5-. The van der Waals surface area contributed by atoms with Gasteiger partial charge in [0.15, 0.2) is 0 Å². The molecule has 2 aromatic rings. The molecule has 0 radical (unpaired) electrons. The Bertz CT molecular complexity index is 849. The zero-order chi connectivity index (χ0) is 24.8. The fourth-order valence-corrected chi connectivity index (χ4v) is 5.87. The first-order chi connectivity index (χ1) is 16.4. The summed E-state index contributed by atoms with van der Waals surface area (Å²) in [5.41, 5.74) is -1.90. The lowest BCUT2D eigenvalue weighted by Crippen LogP contribution is -3.13. The minimum Gasteiger partial charge on any atom is -0.493 e. The summed E-state index contributed by atoms with van der Waals surface area (Å²) < 4.78 is 5.73. The first-order valence-corrected chi connectivity index (χ1v) is 14.3. The number of carboxylic acids is 1. The summed E-state index contributed by atoms with van der Waals surface area (Å²) in [4.78, 5) is 14.0. The van der Waals surface area contributed by atoms with Gasteiger partial charge in [-0.1, -0.05) is 50.6 Å². The average molecular weight is 507 g/mol. The van der Waals surface area contributed by atoms with Crippen molar-refractivity contribution in [1.82, 2.24) is 0 Å². The van der Waals surface area contributed by atoms with E-state index in [9.17, 15) is 15.0 Å². The Morgan fingerprint density at radius 1 is 1.21 bits per heavy atom. The van der Waals surface area contributed by atoms with Crippen molar-refractivity contribution in [2.45, 2.75) is 51.6 Å². The Morgan fingerprint density at radius 2 is 1.91 bits per heavy atom. The number of carboxylic acid groups (broad SMARTS) is 1. The van der Waals surface area contributed by atoms with Crippen molar-refractivity contribution in [2.24, 2.45) is 5.92 Å². The van der Waals surface area contributed by atoms with Gasteiger partial charge < -0.3 is 19.8 Å². The van der Waals surface area contributed by atoms with Gasteiger partial charge in [-0.25, -0.2) is 4.79 Å². The highest BCUT2D eigenvalue weighted by Gasteiger charge is 2.42. The smallest absolute Gasteiger partial charge is 0.346 e. The molecule has 3 N–H and O–H groups in total. The van der Waals surface area contributed by atoms with Gasteiger partial charge in [0.1, 0.15) is 5.75 Å². The molecule has 1 atom stereocenters. The minimum absolute atomic E-state index is 0.439. The molecule has 1 aromatic heterocycles. The van der Waals surface area contributed by atoms with Crippen LogP contribution < -0.4 is 9.64 Å². The Balaban J connectivity index is 0.000000242. The number of piperidine rings is 1. The van der Waals surface area contributed by atoms with Crippen LogP contribution in [0.2, 0.25) is 0 Å². The highest BCUT2D eigenvalue weighted by atomic mass is 32.2. The number of para-hydroxylation sites is 1. The quantitative estimate of drug-likeness (QED) is 0.381. The number of rotatable bonds is 11. The van der Waals surface area contributed by atoms with E-state index in [-0.39, 0.29) is 0 Å². The number of carbonyl (C=O) groups is 1. The lowest BCUT2D eigenvalue weighted by Gasteiger charge is -2.28. The Hall–Kier alpha value is -1.80. The van der Waals surface area contributed by atoms with Crippen LogP contribution >= 0.6 is 23.1 Å². The van der Waals surface area contributed by atoms with Crippen molar-refractivity contribution in [3.63, 3.8) is 0 Å². The van der Waals surface area contributed by atoms with Crippen LogP contribution in [0.25, 0.3) is 0 Å². The lowest BCUT2D eigenvalue weighted by atomic mass is 9.94. The molecule has 0 aliphatic carbocycles. The second-order valence-electron chi connectivity index (χ2n) is 8.54. The van der Waals surface area contributed by atoms with E-state index in [1.165, 1.54) is 68.4 Å². The van der Waals surface area contributed by atoms with Crippen molar-refractivity contribution in [3.8, 4) is 5.75 Å². The maximum atomic E-state index is 11.3. The van der Waals surface area contributed by atoms with Gasteiger partial charge in [0.2, 0.25) is 5.60 Å². The van der Waals surface area contributed by atoms with Gasteiger partial charge in [-0.15, -0.1) is 23.1 Å². The topological polar surface area (TPSA) is 71.2 Å². The summed E-state index contributed by atoms with van der Waals surface area (Å²) in [6.45, 7) is 9.08. The third-order valence-electron chi connectivity index (χ3n) is 6.23. The number of thioether (sulfide) groups is 1. The van der Waals surface area contributed by atoms with Crippen LogP contribution in [-0.4, -0.2) is 48.7 Å². The fraction of sp³-hybridized carbons (Fsp3) is 0.519. The number of benzene rings is 1. The third kappa shape index (κ3) is 8.45. The highest BCUT2D eigenvalue weighted by Crippen LogP contribution is 2.38. The molecule has 0 amide bonds. The molecule has 5 nitrogen and oxygen atoms in total. The van der Waals surface area contributed by atoms with E-state index in [1.54, 1.807) is 34.7 Å². The molecule has 1 unspecified atom stereocenters. The number of ether oxygens (including phenoxy) is 1. The van der Waals surface area contributed by atoms with Crippen molar-refractivity contribution in [1.29, 1.82) is 0 Å². The largest absolute Gasteiger partial charge is 0.493 e. The summed E-state index contributed by atoms with van der Waals surface area (Å²) >= 11 is 2.51. The van der Waals surface area contributed by atoms with Crippen molar-refractivity contribution < 1.29 is 24.6 Å². The maximum Gasteiger partial charge on any atom is 0.346 e. The van der Waals surface area contributed by atoms with Crippen LogP contribution in [0.1, 0.15) is 50.8 Å². The highest BCUT2D eigenvalue weighted by molar-refractivity contribution is 8.02. The predicted molar refractivity (Wildman–Crippen MR) is 143 cm³/mol. The van der Waals surface area contributed by atoms with Crippen LogP contribution in [-0.2, 0) is 10.4 Å². The second kappa shape index (κ2) is 15.2. The molecule has 1 saturated heterocycles. The number of quaternary nitrogens is 1. The van der Waals surface area contributed by atoms with Crippen molar-refractivity contribution in [2.75, 3.05) is 32.5 Å². The van der Waals surface area contributed by atoms with E-state index >= 15 is 0 Å². The van der Waals surface area contributed by atoms with Crippen molar-refractivity contribution >= 4 is 29.1 Å². The van der Waals surface area contributed by atoms with Gasteiger partial charge >= 0.3 is 5.97 Å². The number of allylic oxidation sites excluding steroid dienone is 1. The molecular formula is C27H40NO4S2+. The van der Waals surface area contributed by atoms with E-state index < -0.39 is 11.6 Å². The first-order valence-electron chi connectivity index (χ1n) is 12.2. The predicted octanol–water partition coefficient (Wildman–Crippen LogP) is 4.84. The number of thiophene rings is 1. The molecule has 1 aliphatic heterocycles. The summed E-state index contributed by atoms with van der Waals surface area (Å²) in [7, 11) is 0. The molecule has 7 heteroatoms. The monoisotopic (exact) mass is 506 g/mol. The van der Waals surface area contributed by atoms with Gasteiger partial charge in [0.05, 0.1) is 31.1 Å². The normalized spacial score (nSPS) is 20.1. The number of hydrogen-bond acceptors (Lipinski definition) is 5. The molecular weight excluding hydrogens is 466 g/mol. The molecule has 1 aromatic carbocycles. The third-order valence-corrected chi connectivity index (χ3v) is 8.11. The SMILES string of the molecule is CC/C=C(\SC)C(O)(C(=O)O)c1cccs1.CCC1CC[NH+](CCCOc2ccccc2)CC1. The minimum atomic E-state index is -1.90. The van der Waals surface area contributed by atoms with Gasteiger partial charge in [-0.05, 0) is 55.0 Å². The number of aliphatic hydroxyl groups is 1. The molecule has 188 valence electrons. The zero-order valence-corrected chi connectivity index (χ0v) is 22.3. The molecule has 0 saturated carbocycles. The molecule has 2 heterocycles. The zero-order valence-electron chi connectivity index (χ0n) is 20.7. The van der Waals surface area contributed by atoms with Gasteiger partial charge in [-0.2, -0.15) is 0 Å². The summed E-state index contributed by atoms with van der Waals surface area (Å²) in [5, 5.41) is 21.4. The molecule has 34 heavy (non-hydrogen) atoms. The number of likely N-dealkylation sites (tertiary alicyclic amines) is 1. The second-order valence-corrected chi connectivity index (χ2v) is 10.3. The molecule has 0 spiro atoms. The summed E-state index contributed by atoms with van der Waals surface area (Å²) in [6, 6.07) is 13.5. The van der Waals surface area contributed by atoms with Gasteiger partial charge in [-0.3, -0.25) is 0 Å². The van der Waals surface area contributed by atoms with Crippen LogP contribution in [0.3, 0.4) is 0 Å². The van der Waals surface area contributed by atoms with Crippen LogP contribution in [0.15, 0.2) is 58.8 Å². The fourth-order valence-electron chi connectivity index (χ4n) is 4.15. The van der Waals surface area contributed by atoms with E-state index in [4.69, 9.17) is 4.74 Å². The summed E-state index contributed by atoms with van der Waals surface area (Å²) in [5.74, 6) is 0.760. The molecule has 1 fully saturated rings. The van der Waals surface area contributed by atoms with E-state index in [0.717, 1.165) is 18.3 Å². The van der Waals surface area contributed by atoms with Crippen LogP contribution in [0.5, 0.6) is 5.75 Å². The average Bonchev–Trinajstić information content (AvgIpc) is 3.42. The number of hydrogen-bond donors (Lipinski definition) is 3. The number of nitrogens with one attached hydrogen (secondary N) is 1. The van der Waals surface area contributed by atoms with Gasteiger partial charge in [0.25, 0.3) is 0 Å². The Labute approximate surface area is 212 Å². The Kier molecular flexibility index (Phi) is 12.8. The van der Waals surface area contributed by atoms with Crippen LogP contribution in [0.4, 0.5) is 0 Å². The molecule has 0 bridgehead atoms. The van der Waals surface area contributed by atoms with Gasteiger partial charge in [0, 0.05) is 11.3 Å². The lowest BCUT2D eigenvalue weighted by molar-refractivity contribution is -0.906. The van der Waals surface area contributed by atoms with Crippen LogP contribution in [0, 0.1) is 5.92 Å². The molecule has 1 aliphatic rings. The maximum absolute atomic E-state index is 11.3. The van der Waals surface area contributed by atoms with E-state index in [1.807, 2.05) is 37.3 Å². The first kappa shape index (κ1) is 28.4. The number of aliphatic carboxylic acids is 1. The Morgan fingerprint density at radius 3 is 2.44 bits per heavy atom. The van der Waals surface area contributed by atoms with E-state index in [0.29, 0.717) is 16.2 Å². The molecule has 3 rings (SSSR count). The van der Waals surface area contributed by atoms with Crippen molar-refractivity contribution in [3.05, 3.63) is 63.7 Å².